The second-order valence-corrected chi connectivity index (χ2v) is 9.65. The molecule has 0 aliphatic rings. The van der Waals surface area contributed by atoms with E-state index in [9.17, 15) is 19.5 Å². The number of nitrogens with one attached hydrogen (secondary N) is 1. The Hall–Kier alpha value is -3.32. The van der Waals surface area contributed by atoms with Crippen LogP contribution in [0.3, 0.4) is 0 Å². The average Bonchev–Trinajstić information content (AvgIpc) is 3.14. The molecule has 2 amide bonds. The molecule has 1 unspecified atom stereocenters. The van der Waals surface area contributed by atoms with Crippen LogP contribution in [0.2, 0.25) is 5.02 Å². The molecule has 0 saturated carbocycles. The second kappa shape index (κ2) is 12.8. The molecule has 2 aromatic carbocycles. The molecule has 1 heterocycles. The molecule has 1 aromatic heterocycles. The van der Waals surface area contributed by atoms with Gasteiger partial charge in [0.1, 0.15) is 11.8 Å². The number of likely N-dealkylation sites (N-methyl/N-ethyl adjacent to an activating group) is 1. The highest BCUT2D eigenvalue weighted by molar-refractivity contribution is 6.30. The molecule has 37 heavy (non-hydrogen) atoms. The van der Waals surface area contributed by atoms with Crippen molar-refractivity contribution in [3.05, 3.63) is 64.3 Å². The molecule has 3 aromatic rings. The van der Waals surface area contributed by atoms with Gasteiger partial charge in [0.05, 0.1) is 11.9 Å². The molecule has 0 radical (unpaired) electrons. The molecule has 0 bridgehead atoms. The number of halogens is 1. The van der Waals surface area contributed by atoms with Crippen molar-refractivity contribution in [3.63, 3.8) is 0 Å². The largest absolute Gasteiger partial charge is 0.508 e. The van der Waals surface area contributed by atoms with Gasteiger partial charge in [-0.2, -0.15) is 0 Å². The van der Waals surface area contributed by atoms with Gasteiger partial charge in [0, 0.05) is 34.8 Å². The first-order valence-corrected chi connectivity index (χ1v) is 13.3. The van der Waals surface area contributed by atoms with Crippen LogP contribution in [0.25, 0.3) is 10.9 Å². The van der Waals surface area contributed by atoms with E-state index >= 15 is 0 Å². The summed E-state index contributed by atoms with van der Waals surface area (Å²) in [7, 11) is 0. The summed E-state index contributed by atoms with van der Waals surface area (Å²) in [5, 5.41) is 14.3. The maximum absolute atomic E-state index is 13.4. The number of aromatic hydroxyl groups is 1. The molecule has 0 aliphatic carbocycles. The number of phenols is 1. The minimum Gasteiger partial charge on any atom is -0.508 e. The average molecular weight is 526 g/mol. The summed E-state index contributed by atoms with van der Waals surface area (Å²) < 4.78 is 1.56. The Labute approximate surface area is 223 Å². The van der Waals surface area contributed by atoms with Crippen molar-refractivity contribution in [1.82, 2.24) is 14.8 Å². The Morgan fingerprint density at radius 3 is 2.32 bits per heavy atom. The normalized spacial score (nSPS) is 11.9. The van der Waals surface area contributed by atoms with E-state index in [2.05, 4.69) is 12.2 Å². The number of unbranched alkanes of at least 4 members (excludes halogenated alkanes) is 2. The molecule has 0 aliphatic heterocycles. The summed E-state index contributed by atoms with van der Waals surface area (Å²) in [6, 6.07) is 10.8. The molecule has 0 fully saturated rings. The number of aromatic nitrogens is 1. The highest BCUT2D eigenvalue weighted by Crippen LogP contribution is 2.30. The van der Waals surface area contributed by atoms with E-state index in [1.54, 1.807) is 52.8 Å². The Kier molecular flexibility index (Phi) is 9.75. The molecule has 0 spiro atoms. The number of rotatable bonds is 11. The molecule has 2 N–H and O–H groups in total. The quantitative estimate of drug-likeness (QED) is 0.324. The van der Waals surface area contributed by atoms with Crippen molar-refractivity contribution in [3.8, 4) is 5.75 Å². The molecule has 0 saturated heterocycles. The minimum absolute atomic E-state index is 0.0253. The molecule has 7 nitrogen and oxygen atoms in total. The van der Waals surface area contributed by atoms with Crippen LogP contribution in [-0.2, 0) is 16.0 Å². The van der Waals surface area contributed by atoms with Gasteiger partial charge >= 0.3 is 0 Å². The third-order valence-corrected chi connectivity index (χ3v) is 7.01. The van der Waals surface area contributed by atoms with Gasteiger partial charge in [-0.25, -0.2) is 0 Å². The predicted molar refractivity (Wildman–Crippen MR) is 147 cm³/mol. The fourth-order valence-corrected chi connectivity index (χ4v) is 4.82. The molecule has 198 valence electrons. The number of amides is 2. The van der Waals surface area contributed by atoms with E-state index in [0.717, 1.165) is 19.3 Å². The van der Waals surface area contributed by atoms with E-state index in [0.29, 0.717) is 52.3 Å². The van der Waals surface area contributed by atoms with E-state index in [-0.39, 0.29) is 29.9 Å². The topological polar surface area (TPSA) is 91.6 Å². The lowest BCUT2D eigenvalue weighted by Crippen LogP contribution is -2.49. The zero-order valence-electron chi connectivity index (χ0n) is 22.0. The lowest BCUT2D eigenvalue weighted by Gasteiger charge is -2.26. The summed E-state index contributed by atoms with van der Waals surface area (Å²) in [5.74, 6) is -0.597. The monoisotopic (exact) mass is 525 g/mol. The molecule has 8 heteroatoms. The SMILES string of the molecule is CCCCCC(NC(=O)Cc1c(C)n(C(=O)c2ccc(Cl)cc2)c2ccc(O)cc12)C(=O)N(CC)CC. The van der Waals surface area contributed by atoms with Crippen molar-refractivity contribution < 1.29 is 19.5 Å². The summed E-state index contributed by atoms with van der Waals surface area (Å²) in [5.41, 5.74) is 2.28. The van der Waals surface area contributed by atoms with Gasteiger partial charge in [0.2, 0.25) is 11.8 Å². The number of hydrogen-bond acceptors (Lipinski definition) is 4. The van der Waals surface area contributed by atoms with Crippen LogP contribution in [0.5, 0.6) is 5.75 Å². The number of hydrogen-bond donors (Lipinski definition) is 2. The zero-order chi connectivity index (χ0) is 27.1. The summed E-state index contributed by atoms with van der Waals surface area (Å²) in [4.78, 5) is 41.6. The number of nitrogens with zero attached hydrogens (tertiary/aromatic N) is 2. The summed E-state index contributed by atoms with van der Waals surface area (Å²) in [6.07, 6.45) is 3.39. The van der Waals surface area contributed by atoms with Gasteiger partial charge in [0.25, 0.3) is 5.91 Å². The fourth-order valence-electron chi connectivity index (χ4n) is 4.70. The van der Waals surface area contributed by atoms with Crippen LogP contribution in [-0.4, -0.2) is 51.4 Å². The second-order valence-electron chi connectivity index (χ2n) is 9.22. The molecular formula is C29H36ClN3O4. The van der Waals surface area contributed by atoms with Crippen molar-refractivity contribution in [2.24, 2.45) is 0 Å². The number of carbonyl (C=O) groups excluding carboxylic acids is 3. The molecule has 3 rings (SSSR count). The summed E-state index contributed by atoms with van der Waals surface area (Å²) in [6.45, 7) is 8.89. The van der Waals surface area contributed by atoms with Crippen LogP contribution in [0.15, 0.2) is 42.5 Å². The molecular weight excluding hydrogens is 490 g/mol. The standard InChI is InChI=1S/C29H36ClN3O4/c1-5-8-9-10-25(29(37)32(6-2)7-3)31-27(35)18-23-19(4)33(26-16-15-22(34)17-24(23)26)28(36)20-11-13-21(30)14-12-20/h11-17,25,34H,5-10,18H2,1-4H3,(H,31,35). The summed E-state index contributed by atoms with van der Waals surface area (Å²) >= 11 is 5.99. The van der Waals surface area contributed by atoms with Gasteiger partial charge in [-0.1, -0.05) is 37.8 Å². The lowest BCUT2D eigenvalue weighted by molar-refractivity contribution is -0.136. The first-order chi connectivity index (χ1) is 17.7. The lowest BCUT2D eigenvalue weighted by atomic mass is 10.0. The van der Waals surface area contributed by atoms with Crippen molar-refractivity contribution in [2.75, 3.05) is 13.1 Å². The number of benzene rings is 2. The van der Waals surface area contributed by atoms with E-state index < -0.39 is 6.04 Å². The van der Waals surface area contributed by atoms with E-state index in [1.807, 2.05) is 13.8 Å². The van der Waals surface area contributed by atoms with Crippen LogP contribution in [0.1, 0.15) is 68.1 Å². The number of fused-ring (bicyclic) bond motifs is 1. The van der Waals surface area contributed by atoms with E-state index in [4.69, 9.17) is 11.6 Å². The highest BCUT2D eigenvalue weighted by atomic mass is 35.5. The first kappa shape index (κ1) is 28.3. The Morgan fingerprint density at radius 2 is 1.70 bits per heavy atom. The first-order valence-electron chi connectivity index (χ1n) is 12.9. The van der Waals surface area contributed by atoms with Crippen LogP contribution in [0, 0.1) is 6.92 Å². The maximum atomic E-state index is 13.4. The number of carbonyl (C=O) groups is 3. The Bertz CT molecular complexity index is 1260. The van der Waals surface area contributed by atoms with E-state index in [1.165, 1.54) is 6.07 Å². The minimum atomic E-state index is -0.600. The zero-order valence-corrected chi connectivity index (χ0v) is 22.8. The Morgan fingerprint density at radius 1 is 1.03 bits per heavy atom. The van der Waals surface area contributed by atoms with Crippen LogP contribution >= 0.6 is 11.6 Å². The van der Waals surface area contributed by atoms with Gasteiger partial charge < -0.3 is 15.3 Å². The van der Waals surface area contributed by atoms with Crippen LogP contribution < -0.4 is 5.32 Å². The fraction of sp³-hybridized carbons (Fsp3) is 0.414. The van der Waals surface area contributed by atoms with Gasteiger partial charge in [-0.15, -0.1) is 0 Å². The Balaban J connectivity index is 1.94. The van der Waals surface area contributed by atoms with Crippen LogP contribution in [0.4, 0.5) is 0 Å². The third-order valence-electron chi connectivity index (χ3n) is 6.75. The third kappa shape index (κ3) is 6.52. The maximum Gasteiger partial charge on any atom is 0.262 e. The van der Waals surface area contributed by atoms with Crippen molar-refractivity contribution in [1.29, 1.82) is 0 Å². The van der Waals surface area contributed by atoms with Crippen molar-refractivity contribution in [2.45, 2.75) is 65.8 Å². The smallest absolute Gasteiger partial charge is 0.262 e. The predicted octanol–water partition coefficient (Wildman–Crippen LogP) is 5.47. The molecule has 1 atom stereocenters. The van der Waals surface area contributed by atoms with Gasteiger partial charge in [0.15, 0.2) is 0 Å². The van der Waals surface area contributed by atoms with Crippen molar-refractivity contribution >= 4 is 40.2 Å². The van der Waals surface area contributed by atoms with Gasteiger partial charge in [-0.05, 0) is 75.2 Å². The highest BCUT2D eigenvalue weighted by Gasteiger charge is 2.26. The number of phenolic OH excluding ortho intramolecular Hbond substituents is 1. The van der Waals surface area contributed by atoms with Gasteiger partial charge in [-0.3, -0.25) is 19.0 Å².